The van der Waals surface area contributed by atoms with Gasteiger partial charge in [0.1, 0.15) is 0 Å². The molecule has 1 nitrogen and oxygen atoms in total. The van der Waals surface area contributed by atoms with Crippen LogP contribution in [-0.4, -0.2) is 13.7 Å². The van der Waals surface area contributed by atoms with Crippen LogP contribution in [0, 0.1) is 11.8 Å². The highest BCUT2D eigenvalue weighted by Crippen LogP contribution is 2.13. The number of hydrogen-bond donors (Lipinski definition) is 0. The summed E-state index contributed by atoms with van der Waals surface area (Å²) in [7, 11) is 1.77. The number of hydrogen-bond acceptors (Lipinski definition) is 1. The van der Waals surface area contributed by atoms with Gasteiger partial charge in [-0.1, -0.05) is 20.8 Å². The molecule has 0 aromatic carbocycles. The molecule has 0 saturated carbocycles. The fraction of sp³-hybridized carbons (Fsp3) is 1.00. The molecular weight excluding hydrogens is 124 g/mol. The first-order valence-corrected chi connectivity index (χ1v) is 4.15. The molecule has 0 fully saturated rings. The summed E-state index contributed by atoms with van der Waals surface area (Å²) in [5, 5.41) is 0. The molecule has 1 atom stereocenters. The monoisotopic (exact) mass is 144 g/mol. The Kier molecular flexibility index (Phi) is 5.70. The van der Waals surface area contributed by atoms with E-state index in [1.54, 1.807) is 7.11 Å². The molecule has 0 radical (unpaired) electrons. The lowest BCUT2D eigenvalue weighted by atomic mass is 9.96. The minimum absolute atomic E-state index is 0.819. The standard InChI is InChI=1S/C9H20O/c1-8(2)7-9(3)5-6-10-4/h8-9H,5-7H2,1-4H3/t9-/m1/s1. The molecule has 0 unspecified atom stereocenters. The van der Waals surface area contributed by atoms with Crippen LogP contribution in [-0.2, 0) is 4.74 Å². The zero-order chi connectivity index (χ0) is 7.98. The van der Waals surface area contributed by atoms with E-state index in [1.165, 1.54) is 12.8 Å². The van der Waals surface area contributed by atoms with Gasteiger partial charge in [0, 0.05) is 13.7 Å². The maximum Gasteiger partial charge on any atom is 0.0464 e. The van der Waals surface area contributed by atoms with Crippen molar-refractivity contribution in [1.29, 1.82) is 0 Å². The van der Waals surface area contributed by atoms with Crippen molar-refractivity contribution in [2.75, 3.05) is 13.7 Å². The van der Waals surface area contributed by atoms with Crippen LogP contribution in [0.5, 0.6) is 0 Å². The molecule has 0 aliphatic carbocycles. The minimum Gasteiger partial charge on any atom is -0.385 e. The molecule has 0 rings (SSSR count). The molecule has 0 heterocycles. The summed E-state index contributed by atoms with van der Waals surface area (Å²) in [6.45, 7) is 7.74. The lowest BCUT2D eigenvalue weighted by Crippen LogP contribution is -2.03. The Morgan fingerprint density at radius 2 is 1.80 bits per heavy atom. The van der Waals surface area contributed by atoms with Gasteiger partial charge in [0.2, 0.25) is 0 Å². The summed E-state index contributed by atoms with van der Waals surface area (Å²) in [6.07, 6.45) is 2.53. The van der Waals surface area contributed by atoms with Crippen LogP contribution in [0.1, 0.15) is 33.6 Å². The minimum atomic E-state index is 0.819. The van der Waals surface area contributed by atoms with Crippen molar-refractivity contribution in [2.24, 2.45) is 11.8 Å². The number of rotatable bonds is 5. The quantitative estimate of drug-likeness (QED) is 0.576. The van der Waals surface area contributed by atoms with E-state index >= 15 is 0 Å². The van der Waals surface area contributed by atoms with Crippen LogP contribution in [0.2, 0.25) is 0 Å². The van der Waals surface area contributed by atoms with Gasteiger partial charge < -0.3 is 4.74 Å². The van der Waals surface area contributed by atoms with Gasteiger partial charge in [-0.3, -0.25) is 0 Å². The van der Waals surface area contributed by atoms with Crippen molar-refractivity contribution >= 4 is 0 Å². The van der Waals surface area contributed by atoms with Gasteiger partial charge in [0.25, 0.3) is 0 Å². The average molecular weight is 144 g/mol. The molecule has 0 aromatic rings. The maximum absolute atomic E-state index is 4.99. The van der Waals surface area contributed by atoms with Crippen LogP contribution in [0.25, 0.3) is 0 Å². The first-order valence-electron chi connectivity index (χ1n) is 4.15. The smallest absolute Gasteiger partial charge is 0.0464 e. The van der Waals surface area contributed by atoms with Crippen molar-refractivity contribution in [3.05, 3.63) is 0 Å². The Morgan fingerprint density at radius 3 is 2.20 bits per heavy atom. The van der Waals surface area contributed by atoms with Crippen LogP contribution >= 0.6 is 0 Å². The molecule has 0 spiro atoms. The predicted octanol–water partition coefficient (Wildman–Crippen LogP) is 2.71. The lowest BCUT2D eigenvalue weighted by molar-refractivity contribution is 0.175. The van der Waals surface area contributed by atoms with Crippen LogP contribution in [0.3, 0.4) is 0 Å². The molecule has 62 valence electrons. The van der Waals surface area contributed by atoms with Crippen LogP contribution in [0.4, 0.5) is 0 Å². The molecular formula is C9H20O. The van der Waals surface area contributed by atoms with Crippen molar-refractivity contribution in [3.8, 4) is 0 Å². The fourth-order valence-corrected chi connectivity index (χ4v) is 1.24. The summed E-state index contributed by atoms with van der Waals surface area (Å²) in [5.41, 5.74) is 0. The van der Waals surface area contributed by atoms with E-state index in [-0.39, 0.29) is 0 Å². The first-order chi connectivity index (χ1) is 4.66. The van der Waals surface area contributed by atoms with E-state index < -0.39 is 0 Å². The molecule has 0 N–H and O–H groups in total. The van der Waals surface area contributed by atoms with Crippen molar-refractivity contribution in [3.63, 3.8) is 0 Å². The second-order valence-corrected chi connectivity index (χ2v) is 3.52. The Balaban J connectivity index is 3.16. The summed E-state index contributed by atoms with van der Waals surface area (Å²) < 4.78 is 4.99. The highest BCUT2D eigenvalue weighted by atomic mass is 16.5. The Morgan fingerprint density at radius 1 is 1.20 bits per heavy atom. The van der Waals surface area contributed by atoms with Gasteiger partial charge >= 0.3 is 0 Å². The highest BCUT2D eigenvalue weighted by molar-refractivity contribution is 4.54. The molecule has 0 aliphatic rings. The number of ether oxygens (including phenoxy) is 1. The van der Waals surface area contributed by atoms with Gasteiger partial charge in [-0.05, 0) is 24.7 Å². The highest BCUT2D eigenvalue weighted by Gasteiger charge is 2.03. The zero-order valence-electron chi connectivity index (χ0n) is 7.68. The maximum atomic E-state index is 4.99. The average Bonchev–Trinajstić information content (AvgIpc) is 1.82. The van der Waals surface area contributed by atoms with E-state index in [9.17, 15) is 0 Å². The third-order valence-electron chi connectivity index (χ3n) is 1.69. The van der Waals surface area contributed by atoms with E-state index in [2.05, 4.69) is 20.8 Å². The largest absolute Gasteiger partial charge is 0.385 e. The first kappa shape index (κ1) is 9.96. The normalized spacial score (nSPS) is 14.1. The van der Waals surface area contributed by atoms with E-state index in [0.29, 0.717) is 0 Å². The topological polar surface area (TPSA) is 9.23 Å². The van der Waals surface area contributed by atoms with E-state index in [0.717, 1.165) is 18.4 Å². The van der Waals surface area contributed by atoms with Gasteiger partial charge in [-0.2, -0.15) is 0 Å². The molecule has 0 amide bonds. The molecule has 0 aliphatic heterocycles. The predicted molar refractivity (Wildman–Crippen MR) is 45.1 cm³/mol. The summed E-state index contributed by atoms with van der Waals surface area (Å²) in [5.74, 6) is 1.65. The zero-order valence-corrected chi connectivity index (χ0v) is 7.68. The van der Waals surface area contributed by atoms with E-state index in [1.807, 2.05) is 0 Å². The molecule has 10 heavy (non-hydrogen) atoms. The fourth-order valence-electron chi connectivity index (χ4n) is 1.24. The Hall–Kier alpha value is -0.0400. The molecule has 0 bridgehead atoms. The Bertz CT molecular complexity index is 69.1. The molecule has 1 heteroatoms. The van der Waals surface area contributed by atoms with Gasteiger partial charge in [0.05, 0.1) is 0 Å². The van der Waals surface area contributed by atoms with E-state index in [4.69, 9.17) is 4.74 Å². The van der Waals surface area contributed by atoms with Crippen LogP contribution in [0.15, 0.2) is 0 Å². The van der Waals surface area contributed by atoms with Gasteiger partial charge in [-0.25, -0.2) is 0 Å². The molecule has 0 aromatic heterocycles. The van der Waals surface area contributed by atoms with Crippen molar-refractivity contribution in [1.82, 2.24) is 0 Å². The second-order valence-electron chi connectivity index (χ2n) is 3.52. The molecule has 0 saturated heterocycles. The second kappa shape index (κ2) is 5.72. The summed E-state index contributed by atoms with van der Waals surface area (Å²) in [4.78, 5) is 0. The van der Waals surface area contributed by atoms with Crippen molar-refractivity contribution < 1.29 is 4.74 Å². The third kappa shape index (κ3) is 6.09. The summed E-state index contributed by atoms with van der Waals surface area (Å²) >= 11 is 0. The van der Waals surface area contributed by atoms with Gasteiger partial charge in [0.15, 0.2) is 0 Å². The van der Waals surface area contributed by atoms with Crippen molar-refractivity contribution in [2.45, 2.75) is 33.6 Å². The van der Waals surface area contributed by atoms with Gasteiger partial charge in [-0.15, -0.1) is 0 Å². The third-order valence-corrected chi connectivity index (χ3v) is 1.69. The number of methoxy groups -OCH3 is 1. The van der Waals surface area contributed by atoms with Crippen LogP contribution < -0.4 is 0 Å². The Labute approximate surface area is 64.8 Å². The lowest BCUT2D eigenvalue weighted by Gasteiger charge is -2.12. The summed E-state index contributed by atoms with van der Waals surface area (Å²) in [6, 6.07) is 0. The SMILES string of the molecule is COCC[C@@H](C)CC(C)C.